The molecular formula is C29H34N2O. The third kappa shape index (κ3) is 4.38. The number of hydrogen-bond acceptors (Lipinski definition) is 3. The van der Waals surface area contributed by atoms with Gasteiger partial charge in [-0.25, -0.2) is 0 Å². The Kier molecular flexibility index (Phi) is 6.40. The Hall–Kier alpha value is -2.46. The van der Waals surface area contributed by atoms with Gasteiger partial charge in [0.2, 0.25) is 0 Å². The highest BCUT2D eigenvalue weighted by molar-refractivity contribution is 5.64. The number of aryl methyl sites for hydroxylation is 1. The molecule has 1 N–H and O–H groups in total. The average molecular weight is 427 g/mol. The average Bonchev–Trinajstić information content (AvgIpc) is 2.81. The molecule has 3 nitrogen and oxygen atoms in total. The minimum atomic E-state index is 0.236. The summed E-state index contributed by atoms with van der Waals surface area (Å²) >= 11 is 0. The lowest BCUT2D eigenvalue weighted by atomic mass is 9.74. The zero-order chi connectivity index (χ0) is 21.9. The van der Waals surface area contributed by atoms with Crippen molar-refractivity contribution in [1.82, 2.24) is 9.80 Å². The van der Waals surface area contributed by atoms with E-state index < -0.39 is 0 Å². The lowest BCUT2D eigenvalue weighted by Gasteiger charge is -2.57. The number of nitrogens with zero attached hydrogens (tertiary/aromatic N) is 2. The maximum Gasteiger partial charge on any atom is 0.0593 e. The summed E-state index contributed by atoms with van der Waals surface area (Å²) in [5, 5.41) is 10.2. The molecule has 2 aliphatic rings. The molecule has 32 heavy (non-hydrogen) atoms. The maximum atomic E-state index is 10.2. The Morgan fingerprint density at radius 1 is 0.844 bits per heavy atom. The van der Waals surface area contributed by atoms with Gasteiger partial charge in [-0.2, -0.15) is 0 Å². The highest BCUT2D eigenvalue weighted by Crippen LogP contribution is 2.42. The minimum Gasteiger partial charge on any atom is -0.395 e. The van der Waals surface area contributed by atoms with E-state index in [1.807, 2.05) is 0 Å². The van der Waals surface area contributed by atoms with E-state index in [-0.39, 0.29) is 12.6 Å². The molecule has 0 bridgehead atoms. The van der Waals surface area contributed by atoms with E-state index in [0.29, 0.717) is 12.0 Å². The summed E-state index contributed by atoms with van der Waals surface area (Å²) in [4.78, 5) is 5.18. The van der Waals surface area contributed by atoms with Gasteiger partial charge < -0.3 is 5.11 Å². The standard InChI is InChI=1S/C29H34N2O/c1-22-8-7-11-26(18-22)24-12-14-25(15-13-24)29-27-20-30(19-23-9-3-2-4-10-23)16-5-6-17-31(27)28(29)21-32/h2-4,7-15,18,27-29,32H,5-6,16-17,19-21H2,1H3/t27-,28-,29+/m0/s1. The number of benzene rings is 3. The summed E-state index contributed by atoms with van der Waals surface area (Å²) in [5.41, 5.74) is 6.57. The maximum absolute atomic E-state index is 10.2. The van der Waals surface area contributed by atoms with Gasteiger partial charge >= 0.3 is 0 Å². The van der Waals surface area contributed by atoms with Crippen molar-refractivity contribution in [2.45, 2.75) is 44.3 Å². The van der Waals surface area contributed by atoms with Gasteiger partial charge in [0.25, 0.3) is 0 Å². The molecule has 0 amide bonds. The van der Waals surface area contributed by atoms with Crippen LogP contribution in [-0.4, -0.2) is 53.2 Å². The molecule has 2 aliphatic heterocycles. The van der Waals surface area contributed by atoms with E-state index >= 15 is 0 Å². The van der Waals surface area contributed by atoms with Gasteiger partial charge in [0, 0.05) is 31.1 Å². The Labute approximate surface area is 192 Å². The van der Waals surface area contributed by atoms with Crippen LogP contribution in [0, 0.1) is 6.92 Å². The molecule has 166 valence electrons. The molecule has 2 saturated heterocycles. The smallest absolute Gasteiger partial charge is 0.0593 e. The fourth-order valence-corrected chi connectivity index (χ4v) is 5.72. The third-order valence-electron chi connectivity index (χ3n) is 7.35. The SMILES string of the molecule is Cc1cccc(-c2ccc([C@H]3[C@H](CO)N4CCCCN(Cc5ccccc5)C[C@@H]34)cc2)c1. The van der Waals surface area contributed by atoms with Gasteiger partial charge in [-0.15, -0.1) is 0 Å². The zero-order valence-corrected chi connectivity index (χ0v) is 19.0. The van der Waals surface area contributed by atoms with E-state index in [9.17, 15) is 5.11 Å². The van der Waals surface area contributed by atoms with Gasteiger partial charge in [-0.3, -0.25) is 9.80 Å². The van der Waals surface area contributed by atoms with Crippen LogP contribution in [0.4, 0.5) is 0 Å². The number of aliphatic hydroxyl groups is 1. The number of fused-ring (bicyclic) bond motifs is 1. The predicted molar refractivity (Wildman–Crippen MR) is 132 cm³/mol. The van der Waals surface area contributed by atoms with Crippen LogP contribution < -0.4 is 0 Å². The molecule has 0 unspecified atom stereocenters. The minimum absolute atomic E-state index is 0.236. The molecule has 0 spiro atoms. The summed E-state index contributed by atoms with van der Waals surface area (Å²) in [6.07, 6.45) is 2.43. The topological polar surface area (TPSA) is 26.7 Å². The van der Waals surface area contributed by atoms with Crippen LogP contribution in [0.2, 0.25) is 0 Å². The molecule has 3 heteroatoms. The summed E-state index contributed by atoms with van der Waals surface area (Å²) in [6.45, 7) is 6.71. The molecule has 2 heterocycles. The zero-order valence-electron chi connectivity index (χ0n) is 19.0. The van der Waals surface area contributed by atoms with Crippen LogP contribution in [0.1, 0.15) is 35.4 Å². The molecular weight excluding hydrogens is 392 g/mol. The second-order valence-electron chi connectivity index (χ2n) is 9.50. The third-order valence-corrected chi connectivity index (χ3v) is 7.35. The molecule has 0 aliphatic carbocycles. The van der Waals surface area contributed by atoms with E-state index in [2.05, 4.69) is 95.6 Å². The van der Waals surface area contributed by atoms with Crippen LogP contribution in [0.3, 0.4) is 0 Å². The summed E-state index contributed by atoms with van der Waals surface area (Å²) in [7, 11) is 0. The van der Waals surface area contributed by atoms with Crippen molar-refractivity contribution in [3.05, 3.63) is 95.6 Å². The first-order chi connectivity index (χ1) is 15.7. The van der Waals surface area contributed by atoms with Crippen LogP contribution in [0.25, 0.3) is 11.1 Å². The molecule has 3 atom stereocenters. The van der Waals surface area contributed by atoms with E-state index in [0.717, 1.165) is 26.2 Å². The summed E-state index contributed by atoms with van der Waals surface area (Å²) in [6, 6.07) is 29.3. The second-order valence-corrected chi connectivity index (χ2v) is 9.50. The van der Waals surface area contributed by atoms with Crippen molar-refractivity contribution < 1.29 is 5.11 Å². The fourth-order valence-electron chi connectivity index (χ4n) is 5.72. The Morgan fingerprint density at radius 3 is 2.38 bits per heavy atom. The quantitative estimate of drug-likeness (QED) is 0.616. The van der Waals surface area contributed by atoms with Gasteiger partial charge in [0.15, 0.2) is 0 Å². The lowest BCUT2D eigenvalue weighted by Crippen LogP contribution is -2.67. The summed E-state index contributed by atoms with van der Waals surface area (Å²) in [5.74, 6) is 0.392. The van der Waals surface area contributed by atoms with Crippen LogP contribution >= 0.6 is 0 Å². The van der Waals surface area contributed by atoms with E-state index in [1.54, 1.807) is 0 Å². The largest absolute Gasteiger partial charge is 0.395 e. The first-order valence-electron chi connectivity index (χ1n) is 12.0. The Morgan fingerprint density at radius 2 is 1.62 bits per heavy atom. The fraction of sp³-hybridized carbons (Fsp3) is 0.379. The first-order valence-corrected chi connectivity index (χ1v) is 12.0. The Balaban J connectivity index is 1.36. The molecule has 2 fully saturated rings. The number of rotatable bonds is 5. The summed E-state index contributed by atoms with van der Waals surface area (Å²) < 4.78 is 0. The van der Waals surface area contributed by atoms with Crippen molar-refractivity contribution >= 4 is 0 Å². The van der Waals surface area contributed by atoms with Crippen molar-refractivity contribution in [2.24, 2.45) is 0 Å². The normalized spacial score (nSPS) is 24.2. The lowest BCUT2D eigenvalue weighted by molar-refractivity contribution is -0.0655. The monoisotopic (exact) mass is 426 g/mol. The van der Waals surface area contributed by atoms with E-state index in [1.165, 1.54) is 40.7 Å². The molecule has 3 aromatic rings. The van der Waals surface area contributed by atoms with E-state index in [4.69, 9.17) is 0 Å². The number of hydrogen-bond donors (Lipinski definition) is 1. The molecule has 3 aromatic carbocycles. The second kappa shape index (κ2) is 9.58. The molecule has 0 aromatic heterocycles. The predicted octanol–water partition coefficient (Wildman–Crippen LogP) is 5.09. The molecule has 0 radical (unpaired) electrons. The van der Waals surface area contributed by atoms with Crippen molar-refractivity contribution in [2.75, 3.05) is 26.2 Å². The van der Waals surface area contributed by atoms with Crippen molar-refractivity contribution in [1.29, 1.82) is 0 Å². The molecule has 5 rings (SSSR count). The van der Waals surface area contributed by atoms with Crippen molar-refractivity contribution in [3.8, 4) is 11.1 Å². The van der Waals surface area contributed by atoms with Crippen LogP contribution in [0.15, 0.2) is 78.9 Å². The highest BCUT2D eigenvalue weighted by Gasteiger charge is 2.48. The van der Waals surface area contributed by atoms with Gasteiger partial charge in [0.05, 0.1) is 6.61 Å². The number of aliphatic hydroxyl groups excluding tert-OH is 1. The molecule has 0 saturated carbocycles. The Bertz CT molecular complexity index is 1020. The highest BCUT2D eigenvalue weighted by atomic mass is 16.3. The van der Waals surface area contributed by atoms with Crippen LogP contribution in [0.5, 0.6) is 0 Å². The van der Waals surface area contributed by atoms with Gasteiger partial charge in [-0.05, 0) is 55.1 Å². The van der Waals surface area contributed by atoms with Crippen molar-refractivity contribution in [3.63, 3.8) is 0 Å². The van der Waals surface area contributed by atoms with Gasteiger partial charge in [0.1, 0.15) is 0 Å². The first kappa shape index (κ1) is 21.4. The van der Waals surface area contributed by atoms with Crippen LogP contribution in [-0.2, 0) is 6.54 Å². The van der Waals surface area contributed by atoms with Gasteiger partial charge in [-0.1, -0.05) is 84.4 Å².